The number of methoxy groups -OCH3 is 1. The van der Waals surface area contributed by atoms with Gasteiger partial charge in [0.2, 0.25) is 0 Å². The second-order valence-corrected chi connectivity index (χ2v) is 4.32. The quantitative estimate of drug-likeness (QED) is 0.912. The molecule has 5 nitrogen and oxygen atoms in total. The van der Waals surface area contributed by atoms with Crippen LogP contribution in [0.1, 0.15) is 10.4 Å². The number of anilines is 2. The fourth-order valence-corrected chi connectivity index (χ4v) is 1.77. The number of hydrogen-bond acceptors (Lipinski definition) is 4. The number of benzene rings is 1. The van der Waals surface area contributed by atoms with E-state index in [1.165, 1.54) is 13.2 Å². The van der Waals surface area contributed by atoms with E-state index < -0.39 is 11.7 Å². The molecule has 7 heteroatoms. The van der Waals surface area contributed by atoms with Gasteiger partial charge >= 0.3 is 0 Å². The maximum Gasteiger partial charge on any atom is 0.259 e. The van der Waals surface area contributed by atoms with E-state index in [1.807, 2.05) is 0 Å². The molecule has 0 unspecified atom stereocenters. The maximum atomic E-state index is 13.1. The molecule has 1 aromatic carbocycles. The first-order chi connectivity index (χ1) is 9.51. The van der Waals surface area contributed by atoms with Crippen molar-refractivity contribution in [1.82, 2.24) is 4.98 Å². The zero-order valence-electron chi connectivity index (χ0n) is 10.5. The van der Waals surface area contributed by atoms with E-state index in [-0.39, 0.29) is 11.4 Å². The summed E-state index contributed by atoms with van der Waals surface area (Å²) in [5.74, 6) is -0.895. The molecule has 0 atom stereocenters. The van der Waals surface area contributed by atoms with Crippen molar-refractivity contribution in [3.8, 4) is 5.75 Å². The van der Waals surface area contributed by atoms with Crippen LogP contribution in [0, 0.1) is 5.82 Å². The Morgan fingerprint density at radius 2 is 2.20 bits per heavy atom. The third-order valence-electron chi connectivity index (χ3n) is 2.54. The van der Waals surface area contributed by atoms with E-state index in [1.54, 1.807) is 12.1 Å². The van der Waals surface area contributed by atoms with Gasteiger partial charge in [-0.3, -0.25) is 4.79 Å². The van der Waals surface area contributed by atoms with Crippen molar-refractivity contribution in [3.05, 3.63) is 46.9 Å². The van der Waals surface area contributed by atoms with E-state index in [4.69, 9.17) is 22.1 Å². The molecule has 104 valence electrons. The summed E-state index contributed by atoms with van der Waals surface area (Å²) in [7, 11) is 1.46. The highest BCUT2D eigenvalue weighted by atomic mass is 35.5. The summed E-state index contributed by atoms with van der Waals surface area (Å²) < 4.78 is 18.2. The summed E-state index contributed by atoms with van der Waals surface area (Å²) in [5, 5.41) is 2.97. The Hall–Kier alpha value is -2.34. The molecule has 2 aromatic rings. The third kappa shape index (κ3) is 2.97. The van der Waals surface area contributed by atoms with E-state index in [0.29, 0.717) is 16.5 Å². The number of halogens is 2. The van der Waals surface area contributed by atoms with Crippen LogP contribution in [0.25, 0.3) is 0 Å². The first kappa shape index (κ1) is 14.1. The number of aromatic nitrogens is 1. The summed E-state index contributed by atoms with van der Waals surface area (Å²) in [4.78, 5) is 15.7. The van der Waals surface area contributed by atoms with Crippen LogP contribution in [-0.2, 0) is 0 Å². The number of amides is 1. The highest BCUT2D eigenvalue weighted by Crippen LogP contribution is 2.28. The number of pyridine rings is 1. The fraction of sp³-hybridized carbons (Fsp3) is 0.0769. The lowest BCUT2D eigenvalue weighted by molar-refractivity contribution is 0.102. The van der Waals surface area contributed by atoms with Crippen LogP contribution in [0.15, 0.2) is 30.5 Å². The zero-order valence-corrected chi connectivity index (χ0v) is 11.2. The molecule has 0 aliphatic rings. The number of carbonyl (C=O) groups is 1. The van der Waals surface area contributed by atoms with Gasteiger partial charge in [-0.1, -0.05) is 11.6 Å². The minimum Gasteiger partial charge on any atom is -0.495 e. The van der Waals surface area contributed by atoms with Crippen LogP contribution in [0.5, 0.6) is 5.75 Å². The predicted molar refractivity (Wildman–Crippen MR) is 74.6 cm³/mol. The Kier molecular flexibility index (Phi) is 4.05. The van der Waals surface area contributed by atoms with Gasteiger partial charge in [-0.2, -0.15) is 0 Å². The number of nitrogens with two attached hydrogens (primary N) is 1. The molecule has 0 bridgehead atoms. The number of rotatable bonds is 3. The Bertz CT molecular complexity index is 664. The number of nitrogens with one attached hydrogen (secondary N) is 1. The second-order valence-electron chi connectivity index (χ2n) is 3.89. The average Bonchev–Trinajstić information content (AvgIpc) is 2.41. The maximum absolute atomic E-state index is 13.1. The van der Waals surface area contributed by atoms with Gasteiger partial charge in [0.05, 0.1) is 24.6 Å². The number of hydrogen-bond donors (Lipinski definition) is 2. The monoisotopic (exact) mass is 295 g/mol. The van der Waals surface area contributed by atoms with E-state index >= 15 is 0 Å². The Morgan fingerprint density at radius 1 is 1.45 bits per heavy atom. The SMILES string of the molecule is COc1ccc(Cl)cc1NC(=O)c1cc(F)cnc1N. The van der Waals surface area contributed by atoms with Gasteiger partial charge < -0.3 is 15.8 Å². The molecule has 0 spiro atoms. The van der Waals surface area contributed by atoms with Gasteiger partial charge in [0.1, 0.15) is 17.4 Å². The Morgan fingerprint density at radius 3 is 2.90 bits per heavy atom. The molecule has 1 aromatic heterocycles. The highest BCUT2D eigenvalue weighted by molar-refractivity contribution is 6.31. The summed E-state index contributed by atoms with van der Waals surface area (Å²) in [5.41, 5.74) is 5.84. The van der Waals surface area contributed by atoms with Crippen LogP contribution in [0.3, 0.4) is 0 Å². The summed E-state index contributed by atoms with van der Waals surface area (Å²) >= 11 is 5.86. The lowest BCUT2D eigenvalue weighted by atomic mass is 10.2. The van der Waals surface area contributed by atoms with Gasteiger partial charge in [0.25, 0.3) is 5.91 Å². The lowest BCUT2D eigenvalue weighted by Gasteiger charge is -2.11. The summed E-state index contributed by atoms with van der Waals surface area (Å²) in [6, 6.07) is 5.75. The van der Waals surface area contributed by atoms with E-state index in [0.717, 1.165) is 12.3 Å². The van der Waals surface area contributed by atoms with Crippen molar-refractivity contribution >= 4 is 29.0 Å². The van der Waals surface area contributed by atoms with Crippen molar-refractivity contribution < 1.29 is 13.9 Å². The van der Waals surface area contributed by atoms with Crippen molar-refractivity contribution in [1.29, 1.82) is 0 Å². The highest BCUT2D eigenvalue weighted by Gasteiger charge is 2.14. The van der Waals surface area contributed by atoms with Crippen LogP contribution in [0.2, 0.25) is 5.02 Å². The lowest BCUT2D eigenvalue weighted by Crippen LogP contribution is -2.15. The minimum atomic E-state index is -0.651. The molecular formula is C13H11ClFN3O2. The number of carbonyl (C=O) groups excluding carboxylic acids is 1. The fourth-order valence-electron chi connectivity index (χ4n) is 1.60. The van der Waals surface area contributed by atoms with Gasteiger partial charge in [-0.05, 0) is 24.3 Å². The first-order valence-electron chi connectivity index (χ1n) is 5.57. The van der Waals surface area contributed by atoms with Crippen molar-refractivity contribution in [2.45, 2.75) is 0 Å². The molecule has 3 N–H and O–H groups in total. The van der Waals surface area contributed by atoms with Crippen molar-refractivity contribution in [2.24, 2.45) is 0 Å². The number of nitrogen functional groups attached to an aromatic ring is 1. The molecule has 0 aliphatic heterocycles. The second kappa shape index (κ2) is 5.75. The molecule has 2 rings (SSSR count). The number of nitrogens with zero attached hydrogens (tertiary/aromatic N) is 1. The van der Waals surface area contributed by atoms with Crippen LogP contribution in [0.4, 0.5) is 15.9 Å². The van der Waals surface area contributed by atoms with Gasteiger partial charge in [0, 0.05) is 5.02 Å². The normalized spacial score (nSPS) is 10.2. The smallest absolute Gasteiger partial charge is 0.259 e. The van der Waals surface area contributed by atoms with E-state index in [9.17, 15) is 9.18 Å². The summed E-state index contributed by atoms with van der Waals surface area (Å²) in [6.07, 6.45) is 0.937. The largest absolute Gasteiger partial charge is 0.495 e. The zero-order chi connectivity index (χ0) is 14.7. The molecule has 0 radical (unpaired) electrons. The van der Waals surface area contributed by atoms with E-state index in [2.05, 4.69) is 10.3 Å². The third-order valence-corrected chi connectivity index (χ3v) is 2.77. The van der Waals surface area contributed by atoms with Crippen molar-refractivity contribution in [3.63, 3.8) is 0 Å². The Labute approximate surface area is 119 Å². The predicted octanol–water partition coefficient (Wildman–Crippen LogP) is 2.72. The van der Waals surface area contributed by atoms with Gasteiger partial charge in [-0.25, -0.2) is 9.37 Å². The molecule has 20 heavy (non-hydrogen) atoms. The topological polar surface area (TPSA) is 77.2 Å². The average molecular weight is 296 g/mol. The molecule has 0 aliphatic carbocycles. The minimum absolute atomic E-state index is 0.0629. The molecule has 1 heterocycles. The molecule has 0 saturated heterocycles. The molecular weight excluding hydrogens is 285 g/mol. The number of ether oxygens (including phenoxy) is 1. The van der Waals surface area contributed by atoms with Crippen LogP contribution < -0.4 is 15.8 Å². The first-order valence-corrected chi connectivity index (χ1v) is 5.95. The molecule has 0 fully saturated rings. The standard InChI is InChI=1S/C13H11ClFN3O2/c1-20-11-3-2-7(14)4-10(11)18-13(19)9-5-8(15)6-17-12(9)16/h2-6H,1H3,(H2,16,17)(H,18,19). The van der Waals surface area contributed by atoms with Gasteiger partial charge in [0.15, 0.2) is 0 Å². The van der Waals surface area contributed by atoms with Crippen LogP contribution in [-0.4, -0.2) is 18.0 Å². The van der Waals surface area contributed by atoms with Crippen LogP contribution >= 0.6 is 11.6 Å². The molecule has 0 saturated carbocycles. The Balaban J connectivity index is 2.32. The summed E-state index contributed by atoms with van der Waals surface area (Å²) in [6.45, 7) is 0. The molecule has 1 amide bonds. The van der Waals surface area contributed by atoms with Gasteiger partial charge in [-0.15, -0.1) is 0 Å². The van der Waals surface area contributed by atoms with Crippen molar-refractivity contribution in [2.75, 3.05) is 18.2 Å².